The van der Waals surface area contributed by atoms with E-state index >= 15 is 0 Å². The highest BCUT2D eigenvalue weighted by Crippen LogP contribution is 2.15. The van der Waals surface area contributed by atoms with Crippen LogP contribution in [0, 0.1) is 0 Å². The van der Waals surface area contributed by atoms with Crippen molar-refractivity contribution in [3.05, 3.63) is 30.6 Å². The summed E-state index contributed by atoms with van der Waals surface area (Å²) in [5.74, 6) is 0.710. The second-order valence-electron chi connectivity index (χ2n) is 4.49. The molecular formula is C13H17N5O. The Hall–Kier alpha value is -2.37. The Labute approximate surface area is 111 Å². The summed E-state index contributed by atoms with van der Waals surface area (Å²) in [7, 11) is 3.48. The molecule has 1 amide bonds. The van der Waals surface area contributed by atoms with Gasteiger partial charge in [-0.05, 0) is 24.3 Å². The number of anilines is 1. The van der Waals surface area contributed by atoms with Crippen molar-refractivity contribution in [3.8, 4) is 11.4 Å². The molecular weight excluding hydrogens is 242 g/mol. The van der Waals surface area contributed by atoms with E-state index in [0.717, 1.165) is 5.56 Å². The lowest BCUT2D eigenvalue weighted by Crippen LogP contribution is -2.22. The number of nitrogens with zero attached hydrogens (tertiary/aromatic N) is 4. The van der Waals surface area contributed by atoms with E-state index in [1.54, 1.807) is 30.0 Å². The lowest BCUT2D eigenvalue weighted by Gasteiger charge is -2.09. The van der Waals surface area contributed by atoms with Crippen LogP contribution in [0.1, 0.15) is 6.42 Å². The van der Waals surface area contributed by atoms with Crippen LogP contribution in [0.5, 0.6) is 0 Å². The van der Waals surface area contributed by atoms with Crippen molar-refractivity contribution in [3.63, 3.8) is 0 Å². The second kappa shape index (κ2) is 5.51. The van der Waals surface area contributed by atoms with Gasteiger partial charge in [-0.1, -0.05) is 0 Å². The Morgan fingerprint density at radius 2 is 2.00 bits per heavy atom. The number of hydrogen-bond donors (Lipinski definition) is 1. The third kappa shape index (κ3) is 3.31. The molecule has 0 saturated carbocycles. The molecule has 2 aromatic rings. The maximum atomic E-state index is 11.5. The van der Waals surface area contributed by atoms with Crippen LogP contribution < -0.4 is 5.73 Å². The van der Waals surface area contributed by atoms with E-state index in [1.165, 1.54) is 0 Å². The van der Waals surface area contributed by atoms with Crippen LogP contribution in [0.2, 0.25) is 0 Å². The SMILES string of the molecule is CN(C)C(=O)CCn1cnc(-c2ccc(N)cc2)n1. The topological polar surface area (TPSA) is 77.0 Å². The fraction of sp³-hybridized carbons (Fsp3) is 0.308. The molecule has 0 radical (unpaired) electrons. The van der Waals surface area contributed by atoms with Gasteiger partial charge in [0.25, 0.3) is 0 Å². The lowest BCUT2D eigenvalue weighted by molar-refractivity contribution is -0.128. The van der Waals surface area contributed by atoms with E-state index in [-0.39, 0.29) is 5.91 Å². The molecule has 0 fully saturated rings. The first-order chi connectivity index (χ1) is 9.06. The summed E-state index contributed by atoms with van der Waals surface area (Å²) in [6.45, 7) is 0.527. The Morgan fingerprint density at radius 1 is 1.32 bits per heavy atom. The first-order valence-corrected chi connectivity index (χ1v) is 6.02. The zero-order chi connectivity index (χ0) is 13.8. The average Bonchev–Trinajstić information content (AvgIpc) is 2.85. The third-order valence-electron chi connectivity index (χ3n) is 2.76. The molecule has 0 atom stereocenters. The van der Waals surface area contributed by atoms with Crippen molar-refractivity contribution in [2.75, 3.05) is 19.8 Å². The summed E-state index contributed by atoms with van der Waals surface area (Å²) in [5, 5.41) is 4.34. The van der Waals surface area contributed by atoms with E-state index in [1.807, 2.05) is 24.3 Å². The highest BCUT2D eigenvalue weighted by molar-refractivity contribution is 5.75. The number of hydrogen-bond acceptors (Lipinski definition) is 4. The number of carbonyl (C=O) groups excluding carboxylic acids is 1. The summed E-state index contributed by atoms with van der Waals surface area (Å²) in [6.07, 6.45) is 2.05. The first-order valence-electron chi connectivity index (χ1n) is 6.02. The number of aromatic nitrogens is 3. The third-order valence-corrected chi connectivity index (χ3v) is 2.76. The normalized spacial score (nSPS) is 10.4. The van der Waals surface area contributed by atoms with Crippen molar-refractivity contribution in [2.24, 2.45) is 0 Å². The van der Waals surface area contributed by atoms with Crippen molar-refractivity contribution in [2.45, 2.75) is 13.0 Å². The number of nitrogens with two attached hydrogens (primary N) is 1. The molecule has 6 nitrogen and oxygen atoms in total. The van der Waals surface area contributed by atoms with Crippen LogP contribution in [0.15, 0.2) is 30.6 Å². The molecule has 6 heteroatoms. The van der Waals surface area contributed by atoms with Gasteiger partial charge in [0.15, 0.2) is 5.82 Å². The molecule has 1 aromatic heterocycles. The Balaban J connectivity index is 2.03. The number of carbonyl (C=O) groups is 1. The molecule has 2 N–H and O–H groups in total. The molecule has 0 aliphatic rings. The molecule has 0 bridgehead atoms. The Morgan fingerprint density at radius 3 is 2.63 bits per heavy atom. The minimum atomic E-state index is 0.0736. The number of amides is 1. The monoisotopic (exact) mass is 259 g/mol. The Bertz CT molecular complexity index is 559. The van der Waals surface area contributed by atoms with Gasteiger partial charge in [0.1, 0.15) is 6.33 Å². The van der Waals surface area contributed by atoms with Gasteiger partial charge in [-0.3, -0.25) is 9.48 Å². The van der Waals surface area contributed by atoms with E-state index in [9.17, 15) is 4.79 Å². The predicted octanol–water partition coefficient (Wildman–Crippen LogP) is 1.01. The van der Waals surface area contributed by atoms with Crippen LogP contribution in [0.4, 0.5) is 5.69 Å². The molecule has 0 aliphatic carbocycles. The lowest BCUT2D eigenvalue weighted by atomic mass is 10.2. The Kier molecular flexibility index (Phi) is 3.79. The van der Waals surface area contributed by atoms with E-state index in [2.05, 4.69) is 10.1 Å². The summed E-state index contributed by atoms with van der Waals surface area (Å²) < 4.78 is 1.67. The smallest absolute Gasteiger partial charge is 0.223 e. The average molecular weight is 259 g/mol. The van der Waals surface area contributed by atoms with Crippen molar-refractivity contribution in [1.29, 1.82) is 0 Å². The van der Waals surface area contributed by atoms with Crippen LogP contribution in [-0.4, -0.2) is 39.7 Å². The first kappa shape index (κ1) is 13.1. The largest absolute Gasteiger partial charge is 0.399 e. The number of nitrogen functional groups attached to an aromatic ring is 1. The molecule has 19 heavy (non-hydrogen) atoms. The van der Waals surface area contributed by atoms with Gasteiger partial charge in [-0.15, -0.1) is 0 Å². The molecule has 0 spiro atoms. The van der Waals surface area contributed by atoms with Crippen molar-refractivity contribution >= 4 is 11.6 Å². The number of aryl methyl sites for hydroxylation is 1. The minimum absolute atomic E-state index is 0.0736. The molecule has 2 rings (SSSR count). The van der Waals surface area contributed by atoms with Crippen LogP contribution in [0.25, 0.3) is 11.4 Å². The maximum Gasteiger partial charge on any atom is 0.223 e. The van der Waals surface area contributed by atoms with Gasteiger partial charge < -0.3 is 10.6 Å². The molecule has 0 unspecified atom stereocenters. The van der Waals surface area contributed by atoms with Gasteiger partial charge in [-0.2, -0.15) is 5.10 Å². The van der Waals surface area contributed by atoms with Crippen molar-refractivity contribution < 1.29 is 4.79 Å². The standard InChI is InChI=1S/C13H17N5O/c1-17(2)12(19)7-8-18-9-15-13(16-18)10-3-5-11(14)6-4-10/h3-6,9H,7-8,14H2,1-2H3. The molecule has 100 valence electrons. The van der Waals surface area contributed by atoms with Gasteiger partial charge in [-0.25, -0.2) is 4.98 Å². The molecule has 0 saturated heterocycles. The fourth-order valence-corrected chi connectivity index (χ4v) is 1.60. The van der Waals surface area contributed by atoms with Gasteiger partial charge in [0.2, 0.25) is 5.91 Å². The second-order valence-corrected chi connectivity index (χ2v) is 4.49. The fourth-order valence-electron chi connectivity index (χ4n) is 1.60. The number of rotatable bonds is 4. The van der Waals surface area contributed by atoms with Crippen LogP contribution in [-0.2, 0) is 11.3 Å². The zero-order valence-corrected chi connectivity index (χ0v) is 11.1. The highest BCUT2D eigenvalue weighted by Gasteiger charge is 2.07. The van der Waals surface area contributed by atoms with E-state index in [0.29, 0.717) is 24.5 Å². The van der Waals surface area contributed by atoms with E-state index in [4.69, 9.17) is 5.73 Å². The minimum Gasteiger partial charge on any atom is -0.399 e. The summed E-state index contributed by atoms with van der Waals surface area (Å²) in [5.41, 5.74) is 7.25. The summed E-state index contributed by atoms with van der Waals surface area (Å²) >= 11 is 0. The summed E-state index contributed by atoms with van der Waals surface area (Å²) in [6, 6.07) is 7.37. The van der Waals surface area contributed by atoms with Gasteiger partial charge in [0, 0.05) is 31.8 Å². The van der Waals surface area contributed by atoms with E-state index < -0.39 is 0 Å². The van der Waals surface area contributed by atoms with Gasteiger partial charge in [0.05, 0.1) is 6.54 Å². The highest BCUT2D eigenvalue weighted by atomic mass is 16.2. The molecule has 1 aromatic carbocycles. The molecule has 0 aliphatic heterocycles. The van der Waals surface area contributed by atoms with Crippen molar-refractivity contribution in [1.82, 2.24) is 19.7 Å². The molecule has 1 heterocycles. The maximum absolute atomic E-state index is 11.5. The quantitative estimate of drug-likeness (QED) is 0.831. The zero-order valence-electron chi connectivity index (χ0n) is 11.1. The van der Waals surface area contributed by atoms with Gasteiger partial charge >= 0.3 is 0 Å². The summed E-state index contributed by atoms with van der Waals surface area (Å²) in [4.78, 5) is 17.3. The van der Waals surface area contributed by atoms with Crippen LogP contribution >= 0.6 is 0 Å². The van der Waals surface area contributed by atoms with Crippen LogP contribution in [0.3, 0.4) is 0 Å². The predicted molar refractivity (Wildman–Crippen MR) is 73.2 cm³/mol. The number of benzene rings is 1.